The van der Waals surface area contributed by atoms with Crippen molar-refractivity contribution in [3.05, 3.63) is 29.8 Å². The number of nitrogens with one attached hydrogen (secondary N) is 1. The van der Waals surface area contributed by atoms with Crippen molar-refractivity contribution in [3.63, 3.8) is 0 Å². The molecule has 3 heteroatoms. The molecule has 1 aliphatic carbocycles. The number of rotatable bonds is 3. The Balaban J connectivity index is 2.06. The van der Waals surface area contributed by atoms with Crippen LogP contribution in [0.2, 0.25) is 0 Å². The van der Waals surface area contributed by atoms with Crippen LogP contribution in [0.25, 0.3) is 0 Å². The predicted molar refractivity (Wildman–Crippen MR) is 61.5 cm³/mol. The third-order valence-electron chi connectivity index (χ3n) is 3.21. The summed E-state index contributed by atoms with van der Waals surface area (Å²) in [5.41, 5.74) is 1.25. The van der Waals surface area contributed by atoms with E-state index < -0.39 is 0 Å². The molecule has 0 aromatic heterocycles. The Labute approximate surface area is 95.3 Å². The lowest BCUT2D eigenvalue weighted by Gasteiger charge is -2.35. The minimum atomic E-state index is -0.206. The molecule has 0 unspecified atom stereocenters. The maximum absolute atomic E-state index is 9.09. The van der Waals surface area contributed by atoms with Crippen molar-refractivity contribution in [2.75, 3.05) is 11.9 Å². The Morgan fingerprint density at radius 1 is 1.25 bits per heavy atom. The lowest BCUT2D eigenvalue weighted by molar-refractivity contribution is 0.233. The molecule has 1 N–H and O–H groups in total. The Morgan fingerprint density at radius 3 is 2.56 bits per heavy atom. The normalized spacial score (nSPS) is 16.6. The SMILES string of the molecule is N#Cc1ccccc1NCC1(C#N)CCC1. The summed E-state index contributed by atoms with van der Waals surface area (Å²) >= 11 is 0. The zero-order valence-electron chi connectivity index (χ0n) is 9.03. The Kier molecular flexibility index (Phi) is 2.79. The van der Waals surface area contributed by atoms with E-state index >= 15 is 0 Å². The van der Waals surface area contributed by atoms with E-state index in [0.29, 0.717) is 12.1 Å². The molecule has 80 valence electrons. The summed E-state index contributed by atoms with van der Waals surface area (Å²) in [7, 11) is 0. The van der Waals surface area contributed by atoms with E-state index in [-0.39, 0.29) is 5.41 Å². The first-order valence-corrected chi connectivity index (χ1v) is 5.44. The summed E-state index contributed by atoms with van der Waals surface area (Å²) < 4.78 is 0. The highest BCUT2D eigenvalue weighted by molar-refractivity contribution is 5.57. The van der Waals surface area contributed by atoms with Crippen LogP contribution in [0.4, 0.5) is 5.69 Å². The lowest BCUT2D eigenvalue weighted by atomic mass is 9.70. The van der Waals surface area contributed by atoms with Crippen molar-refractivity contribution >= 4 is 5.69 Å². The van der Waals surface area contributed by atoms with Gasteiger partial charge in [0.1, 0.15) is 6.07 Å². The van der Waals surface area contributed by atoms with Gasteiger partial charge in [0.2, 0.25) is 0 Å². The van der Waals surface area contributed by atoms with Crippen LogP contribution in [0.15, 0.2) is 24.3 Å². The van der Waals surface area contributed by atoms with Gasteiger partial charge in [0, 0.05) is 6.54 Å². The van der Waals surface area contributed by atoms with Gasteiger partial charge in [-0.05, 0) is 25.0 Å². The van der Waals surface area contributed by atoms with E-state index in [0.717, 1.165) is 24.9 Å². The molecule has 1 aromatic rings. The number of nitriles is 2. The molecule has 1 saturated carbocycles. The molecule has 0 saturated heterocycles. The molecule has 0 amide bonds. The fourth-order valence-electron chi connectivity index (χ4n) is 1.93. The van der Waals surface area contributed by atoms with E-state index in [2.05, 4.69) is 17.5 Å². The zero-order valence-corrected chi connectivity index (χ0v) is 9.03. The van der Waals surface area contributed by atoms with E-state index in [4.69, 9.17) is 10.5 Å². The average Bonchev–Trinajstić information content (AvgIpc) is 2.29. The molecule has 0 atom stereocenters. The Bertz CT molecular complexity index is 461. The van der Waals surface area contributed by atoms with Gasteiger partial charge in [0.25, 0.3) is 0 Å². The summed E-state index contributed by atoms with van der Waals surface area (Å²) in [5.74, 6) is 0. The monoisotopic (exact) mass is 211 g/mol. The number of hydrogen-bond donors (Lipinski definition) is 1. The van der Waals surface area contributed by atoms with Gasteiger partial charge in [0.05, 0.1) is 22.7 Å². The first-order chi connectivity index (χ1) is 7.79. The quantitative estimate of drug-likeness (QED) is 0.836. The molecular formula is C13H13N3. The van der Waals surface area contributed by atoms with Crippen LogP contribution in [0.1, 0.15) is 24.8 Å². The third kappa shape index (κ3) is 1.85. The highest BCUT2D eigenvalue weighted by Gasteiger charge is 2.36. The fraction of sp³-hybridized carbons (Fsp3) is 0.385. The number of hydrogen-bond acceptors (Lipinski definition) is 3. The Hall–Kier alpha value is -2.00. The van der Waals surface area contributed by atoms with Gasteiger partial charge >= 0.3 is 0 Å². The third-order valence-corrected chi connectivity index (χ3v) is 3.21. The zero-order chi connectivity index (χ0) is 11.4. The first kappa shape index (κ1) is 10.5. The predicted octanol–water partition coefficient (Wildman–Crippen LogP) is 2.66. The van der Waals surface area contributed by atoms with Crippen LogP contribution < -0.4 is 5.32 Å². The molecule has 1 fully saturated rings. The van der Waals surface area contributed by atoms with Crippen LogP contribution in [0, 0.1) is 28.1 Å². The van der Waals surface area contributed by atoms with Gasteiger partial charge in [-0.2, -0.15) is 10.5 Å². The minimum absolute atomic E-state index is 0.206. The van der Waals surface area contributed by atoms with Crippen LogP contribution in [0.5, 0.6) is 0 Å². The standard InChI is InChI=1S/C13H13N3/c14-8-11-4-1-2-5-12(11)16-10-13(9-15)6-3-7-13/h1-2,4-5,16H,3,6-7,10H2. The average molecular weight is 211 g/mol. The van der Waals surface area contributed by atoms with Crippen LogP contribution >= 0.6 is 0 Å². The second-order valence-corrected chi connectivity index (χ2v) is 4.26. The van der Waals surface area contributed by atoms with Crippen molar-refractivity contribution in [2.24, 2.45) is 5.41 Å². The fourth-order valence-corrected chi connectivity index (χ4v) is 1.93. The number of anilines is 1. The van der Waals surface area contributed by atoms with Gasteiger partial charge in [0.15, 0.2) is 0 Å². The number of benzene rings is 1. The summed E-state index contributed by atoms with van der Waals surface area (Å²) in [6.07, 6.45) is 3.06. The van der Waals surface area contributed by atoms with Crippen molar-refractivity contribution in [1.29, 1.82) is 10.5 Å². The number of para-hydroxylation sites is 1. The maximum Gasteiger partial charge on any atom is 0.101 e. The molecule has 0 aliphatic heterocycles. The van der Waals surface area contributed by atoms with E-state index in [1.165, 1.54) is 0 Å². The van der Waals surface area contributed by atoms with Gasteiger partial charge in [-0.25, -0.2) is 0 Å². The highest BCUT2D eigenvalue weighted by Crippen LogP contribution is 2.40. The molecule has 2 rings (SSSR count). The molecule has 0 spiro atoms. The molecular weight excluding hydrogens is 198 g/mol. The Morgan fingerprint density at radius 2 is 2.00 bits per heavy atom. The van der Waals surface area contributed by atoms with Crippen LogP contribution in [-0.4, -0.2) is 6.54 Å². The van der Waals surface area contributed by atoms with Crippen molar-refractivity contribution < 1.29 is 0 Å². The van der Waals surface area contributed by atoms with Gasteiger partial charge in [-0.15, -0.1) is 0 Å². The molecule has 0 bridgehead atoms. The molecule has 16 heavy (non-hydrogen) atoms. The minimum Gasteiger partial charge on any atom is -0.382 e. The summed E-state index contributed by atoms with van der Waals surface area (Å²) in [6, 6.07) is 11.9. The molecule has 1 aromatic carbocycles. The van der Waals surface area contributed by atoms with Crippen LogP contribution in [0.3, 0.4) is 0 Å². The lowest BCUT2D eigenvalue weighted by Crippen LogP contribution is -2.35. The number of nitrogens with zero attached hydrogens (tertiary/aromatic N) is 2. The summed E-state index contributed by atoms with van der Waals surface area (Å²) in [6.45, 7) is 0.641. The smallest absolute Gasteiger partial charge is 0.101 e. The van der Waals surface area contributed by atoms with Crippen LogP contribution in [-0.2, 0) is 0 Å². The first-order valence-electron chi connectivity index (χ1n) is 5.44. The topological polar surface area (TPSA) is 59.6 Å². The molecule has 3 nitrogen and oxygen atoms in total. The van der Waals surface area contributed by atoms with E-state index in [9.17, 15) is 0 Å². The van der Waals surface area contributed by atoms with E-state index in [1.807, 2.05) is 18.2 Å². The van der Waals surface area contributed by atoms with Crippen molar-refractivity contribution in [3.8, 4) is 12.1 Å². The molecule has 0 radical (unpaired) electrons. The summed E-state index contributed by atoms with van der Waals surface area (Å²) in [4.78, 5) is 0. The maximum atomic E-state index is 9.09. The molecule has 0 heterocycles. The highest BCUT2D eigenvalue weighted by atomic mass is 14.9. The second kappa shape index (κ2) is 4.24. The van der Waals surface area contributed by atoms with Crippen molar-refractivity contribution in [2.45, 2.75) is 19.3 Å². The van der Waals surface area contributed by atoms with Gasteiger partial charge < -0.3 is 5.32 Å². The summed E-state index contributed by atoms with van der Waals surface area (Å²) in [5, 5.41) is 21.2. The van der Waals surface area contributed by atoms with Gasteiger partial charge in [-0.1, -0.05) is 18.6 Å². The van der Waals surface area contributed by atoms with Crippen molar-refractivity contribution in [1.82, 2.24) is 0 Å². The second-order valence-electron chi connectivity index (χ2n) is 4.26. The van der Waals surface area contributed by atoms with Gasteiger partial charge in [-0.3, -0.25) is 0 Å². The molecule has 1 aliphatic rings. The largest absolute Gasteiger partial charge is 0.382 e. The van der Waals surface area contributed by atoms with E-state index in [1.54, 1.807) is 6.07 Å².